The first-order valence-corrected chi connectivity index (χ1v) is 6.09. The Hall–Kier alpha value is -1.67. The van der Waals surface area contributed by atoms with Gasteiger partial charge < -0.3 is 5.32 Å². The molecule has 0 amide bonds. The fraction of sp³-hybridized carbons (Fsp3) is 0.267. The van der Waals surface area contributed by atoms with Crippen molar-refractivity contribution in [3.05, 3.63) is 66.0 Å². The Morgan fingerprint density at radius 2 is 1.35 bits per heavy atom. The van der Waals surface area contributed by atoms with Crippen molar-refractivity contribution in [1.82, 2.24) is 10.3 Å². The summed E-state index contributed by atoms with van der Waals surface area (Å²) in [5, 5.41) is 3.46. The first kappa shape index (κ1) is 11.8. The second-order valence-electron chi connectivity index (χ2n) is 4.09. The summed E-state index contributed by atoms with van der Waals surface area (Å²) >= 11 is 0. The molecular formula is C15H18N2. The van der Waals surface area contributed by atoms with Crippen LogP contribution in [-0.2, 0) is 12.8 Å². The van der Waals surface area contributed by atoms with Crippen LogP contribution in [0.3, 0.4) is 0 Å². The molecule has 1 N–H and O–H groups in total. The van der Waals surface area contributed by atoms with Crippen LogP contribution < -0.4 is 5.32 Å². The maximum atomic E-state index is 4.01. The fourth-order valence-corrected chi connectivity index (χ4v) is 1.78. The van der Waals surface area contributed by atoms with Crippen molar-refractivity contribution in [2.24, 2.45) is 0 Å². The van der Waals surface area contributed by atoms with E-state index >= 15 is 0 Å². The van der Waals surface area contributed by atoms with Crippen LogP contribution in [0.15, 0.2) is 54.9 Å². The molecule has 1 heterocycles. The highest BCUT2D eigenvalue weighted by Crippen LogP contribution is 1.99. The highest BCUT2D eigenvalue weighted by molar-refractivity contribution is 5.15. The van der Waals surface area contributed by atoms with Crippen LogP contribution in [-0.4, -0.2) is 18.1 Å². The summed E-state index contributed by atoms with van der Waals surface area (Å²) in [6, 6.07) is 14.7. The molecule has 1 aromatic carbocycles. The molecule has 0 spiro atoms. The van der Waals surface area contributed by atoms with Crippen molar-refractivity contribution in [1.29, 1.82) is 0 Å². The third-order valence-electron chi connectivity index (χ3n) is 2.77. The van der Waals surface area contributed by atoms with Crippen LogP contribution in [0.5, 0.6) is 0 Å². The average Bonchev–Trinajstić information content (AvgIpc) is 2.41. The average molecular weight is 226 g/mol. The van der Waals surface area contributed by atoms with E-state index in [-0.39, 0.29) is 0 Å². The molecule has 0 bridgehead atoms. The summed E-state index contributed by atoms with van der Waals surface area (Å²) in [5.74, 6) is 0. The maximum absolute atomic E-state index is 4.01. The van der Waals surface area contributed by atoms with Crippen LogP contribution in [0.25, 0.3) is 0 Å². The smallest absolute Gasteiger partial charge is 0.0270 e. The molecule has 1 aromatic heterocycles. The largest absolute Gasteiger partial charge is 0.316 e. The molecule has 0 fully saturated rings. The molecule has 2 aromatic rings. The number of aromatic nitrogens is 1. The zero-order valence-corrected chi connectivity index (χ0v) is 9.97. The van der Waals surface area contributed by atoms with Crippen LogP contribution in [0.1, 0.15) is 11.1 Å². The van der Waals surface area contributed by atoms with E-state index in [1.54, 1.807) is 0 Å². The third-order valence-corrected chi connectivity index (χ3v) is 2.77. The van der Waals surface area contributed by atoms with Crippen molar-refractivity contribution in [2.45, 2.75) is 12.8 Å². The Morgan fingerprint density at radius 3 is 2.00 bits per heavy atom. The molecule has 17 heavy (non-hydrogen) atoms. The number of nitrogens with one attached hydrogen (secondary N) is 1. The molecule has 0 atom stereocenters. The summed E-state index contributed by atoms with van der Waals surface area (Å²) in [5.41, 5.74) is 2.73. The van der Waals surface area contributed by atoms with E-state index in [0.717, 1.165) is 25.9 Å². The van der Waals surface area contributed by atoms with Crippen LogP contribution in [0.2, 0.25) is 0 Å². The van der Waals surface area contributed by atoms with Crippen molar-refractivity contribution in [3.63, 3.8) is 0 Å². The lowest BCUT2D eigenvalue weighted by Crippen LogP contribution is -2.20. The van der Waals surface area contributed by atoms with E-state index < -0.39 is 0 Å². The fourth-order valence-electron chi connectivity index (χ4n) is 1.78. The molecule has 0 saturated carbocycles. The molecule has 0 unspecified atom stereocenters. The Morgan fingerprint density at radius 1 is 0.765 bits per heavy atom. The zero-order chi connectivity index (χ0) is 11.8. The Kier molecular flexibility index (Phi) is 4.73. The minimum absolute atomic E-state index is 1.02. The summed E-state index contributed by atoms with van der Waals surface area (Å²) in [6.07, 6.45) is 5.85. The molecule has 0 aliphatic carbocycles. The normalized spacial score (nSPS) is 10.4. The number of benzene rings is 1. The summed E-state index contributed by atoms with van der Waals surface area (Å²) < 4.78 is 0. The van der Waals surface area contributed by atoms with E-state index in [9.17, 15) is 0 Å². The van der Waals surface area contributed by atoms with Gasteiger partial charge in [0, 0.05) is 12.4 Å². The predicted molar refractivity (Wildman–Crippen MR) is 71.0 cm³/mol. The molecule has 0 saturated heterocycles. The lowest BCUT2D eigenvalue weighted by Gasteiger charge is -2.04. The lowest BCUT2D eigenvalue weighted by atomic mass is 10.1. The van der Waals surface area contributed by atoms with Crippen LogP contribution >= 0.6 is 0 Å². The quantitative estimate of drug-likeness (QED) is 0.765. The topological polar surface area (TPSA) is 24.9 Å². The van der Waals surface area contributed by atoms with Crippen LogP contribution in [0, 0.1) is 0 Å². The summed E-state index contributed by atoms with van der Waals surface area (Å²) in [6.45, 7) is 2.06. The minimum atomic E-state index is 1.02. The summed E-state index contributed by atoms with van der Waals surface area (Å²) in [4.78, 5) is 4.01. The van der Waals surface area contributed by atoms with E-state index in [0.29, 0.717) is 0 Å². The lowest BCUT2D eigenvalue weighted by molar-refractivity contribution is 0.681. The van der Waals surface area contributed by atoms with Gasteiger partial charge in [0.15, 0.2) is 0 Å². The minimum Gasteiger partial charge on any atom is -0.316 e. The van der Waals surface area contributed by atoms with Gasteiger partial charge in [-0.25, -0.2) is 0 Å². The number of rotatable bonds is 6. The maximum Gasteiger partial charge on any atom is 0.0270 e. The summed E-state index contributed by atoms with van der Waals surface area (Å²) in [7, 11) is 0. The van der Waals surface area contributed by atoms with E-state index in [4.69, 9.17) is 0 Å². The van der Waals surface area contributed by atoms with Gasteiger partial charge in [-0.15, -0.1) is 0 Å². The molecule has 2 heteroatoms. The van der Waals surface area contributed by atoms with Gasteiger partial charge in [0.05, 0.1) is 0 Å². The van der Waals surface area contributed by atoms with E-state index in [1.807, 2.05) is 12.4 Å². The predicted octanol–water partition coefficient (Wildman–Crippen LogP) is 2.46. The SMILES string of the molecule is c1ccc(CCNCCc2ccncc2)cc1. The highest BCUT2D eigenvalue weighted by atomic mass is 14.8. The molecule has 2 nitrogen and oxygen atoms in total. The number of nitrogens with zero attached hydrogens (tertiary/aromatic N) is 1. The Bertz CT molecular complexity index is 370. The van der Waals surface area contributed by atoms with Crippen molar-refractivity contribution >= 4 is 0 Å². The third kappa shape index (κ3) is 4.37. The molecule has 88 valence electrons. The molecule has 0 aliphatic heterocycles. The van der Waals surface area contributed by atoms with Gasteiger partial charge in [-0.05, 0) is 49.2 Å². The molecular weight excluding hydrogens is 208 g/mol. The van der Waals surface area contributed by atoms with Crippen molar-refractivity contribution in [2.75, 3.05) is 13.1 Å². The highest BCUT2D eigenvalue weighted by Gasteiger charge is 1.93. The zero-order valence-electron chi connectivity index (χ0n) is 9.97. The number of hydrogen-bond donors (Lipinski definition) is 1. The Balaban J connectivity index is 1.61. The standard InChI is InChI=1S/C15H18N2/c1-2-4-14(5-3-1)6-10-16-11-7-15-8-12-17-13-9-15/h1-5,8-9,12-13,16H,6-7,10-11H2. The first-order chi connectivity index (χ1) is 8.45. The second-order valence-corrected chi connectivity index (χ2v) is 4.09. The van der Waals surface area contributed by atoms with Gasteiger partial charge in [0.2, 0.25) is 0 Å². The van der Waals surface area contributed by atoms with Gasteiger partial charge in [-0.3, -0.25) is 4.98 Å². The van der Waals surface area contributed by atoms with E-state index in [1.165, 1.54) is 11.1 Å². The van der Waals surface area contributed by atoms with Gasteiger partial charge in [0.25, 0.3) is 0 Å². The van der Waals surface area contributed by atoms with Gasteiger partial charge in [-0.2, -0.15) is 0 Å². The van der Waals surface area contributed by atoms with Gasteiger partial charge in [0.1, 0.15) is 0 Å². The van der Waals surface area contributed by atoms with E-state index in [2.05, 4.69) is 52.8 Å². The monoisotopic (exact) mass is 226 g/mol. The van der Waals surface area contributed by atoms with Gasteiger partial charge in [-0.1, -0.05) is 30.3 Å². The first-order valence-electron chi connectivity index (χ1n) is 6.09. The molecule has 0 radical (unpaired) electrons. The molecule has 2 rings (SSSR count). The number of pyridine rings is 1. The molecule has 0 aliphatic rings. The Labute approximate surface area is 103 Å². The number of hydrogen-bond acceptors (Lipinski definition) is 2. The van der Waals surface area contributed by atoms with Crippen molar-refractivity contribution in [3.8, 4) is 0 Å². The van der Waals surface area contributed by atoms with Crippen molar-refractivity contribution < 1.29 is 0 Å². The van der Waals surface area contributed by atoms with Gasteiger partial charge >= 0.3 is 0 Å². The van der Waals surface area contributed by atoms with Crippen LogP contribution in [0.4, 0.5) is 0 Å². The second kappa shape index (κ2) is 6.81.